The van der Waals surface area contributed by atoms with Crippen LogP contribution >= 0.6 is 23.4 Å². The maximum absolute atomic E-state index is 12.5. The fourth-order valence-electron chi connectivity index (χ4n) is 2.84. The number of anilines is 2. The van der Waals surface area contributed by atoms with Gasteiger partial charge in [-0.15, -0.1) is 0 Å². The van der Waals surface area contributed by atoms with Gasteiger partial charge in [0.2, 0.25) is 11.8 Å². The Morgan fingerprint density at radius 1 is 1.23 bits per heavy atom. The molecule has 0 radical (unpaired) electrons. The quantitative estimate of drug-likeness (QED) is 0.523. The van der Waals surface area contributed by atoms with Gasteiger partial charge in [0.25, 0.3) is 0 Å². The number of carbonyl (C=O) groups is 2. The molecule has 0 fully saturated rings. The number of halogens is 1. The summed E-state index contributed by atoms with van der Waals surface area (Å²) in [6.45, 7) is 3.36. The molecule has 1 aromatic heterocycles. The van der Waals surface area contributed by atoms with Crippen LogP contribution in [0.25, 0.3) is 5.69 Å². The molecule has 7 nitrogen and oxygen atoms in total. The Labute approximate surface area is 183 Å². The summed E-state index contributed by atoms with van der Waals surface area (Å²) in [5.74, 6) is 0.217. The predicted octanol–water partition coefficient (Wildman–Crippen LogP) is 4.53. The molecule has 0 bridgehead atoms. The third-order valence-electron chi connectivity index (χ3n) is 4.23. The Bertz CT molecular complexity index is 1080. The number of nitrogens with zero attached hydrogens (tertiary/aromatic N) is 2. The average molecular weight is 445 g/mol. The third-order valence-corrected chi connectivity index (χ3v) is 5.61. The van der Waals surface area contributed by atoms with E-state index in [0.29, 0.717) is 27.3 Å². The van der Waals surface area contributed by atoms with Crippen molar-refractivity contribution in [3.05, 3.63) is 59.4 Å². The van der Waals surface area contributed by atoms with Gasteiger partial charge in [0.15, 0.2) is 5.16 Å². The molecule has 0 aliphatic heterocycles. The molecular formula is C21H21ClN4O3S. The van der Waals surface area contributed by atoms with Crippen molar-refractivity contribution in [2.75, 3.05) is 23.5 Å². The van der Waals surface area contributed by atoms with E-state index in [1.54, 1.807) is 24.4 Å². The lowest BCUT2D eigenvalue weighted by Crippen LogP contribution is -2.16. The van der Waals surface area contributed by atoms with Crippen molar-refractivity contribution in [2.24, 2.45) is 0 Å². The van der Waals surface area contributed by atoms with Crippen LogP contribution in [0, 0.1) is 6.92 Å². The Morgan fingerprint density at radius 3 is 2.77 bits per heavy atom. The van der Waals surface area contributed by atoms with Crippen LogP contribution in [0.5, 0.6) is 5.75 Å². The molecule has 0 spiro atoms. The van der Waals surface area contributed by atoms with E-state index in [4.69, 9.17) is 16.3 Å². The number of thioether (sulfide) groups is 1. The van der Waals surface area contributed by atoms with Gasteiger partial charge in [-0.2, -0.15) is 0 Å². The van der Waals surface area contributed by atoms with Crippen LogP contribution in [-0.2, 0) is 9.59 Å². The zero-order chi connectivity index (χ0) is 21.7. The summed E-state index contributed by atoms with van der Waals surface area (Å²) in [7, 11) is 1.52. The van der Waals surface area contributed by atoms with Gasteiger partial charge in [-0.1, -0.05) is 29.4 Å². The molecule has 0 atom stereocenters. The van der Waals surface area contributed by atoms with Crippen molar-refractivity contribution >= 4 is 46.6 Å². The Hall–Kier alpha value is -2.97. The number of methoxy groups -OCH3 is 1. The van der Waals surface area contributed by atoms with E-state index in [-0.39, 0.29) is 17.6 Å². The van der Waals surface area contributed by atoms with Crippen LogP contribution in [0.15, 0.2) is 53.9 Å². The molecule has 0 unspecified atom stereocenters. The molecule has 2 aromatic carbocycles. The number of hydrogen-bond acceptors (Lipinski definition) is 5. The van der Waals surface area contributed by atoms with Gasteiger partial charge in [-0.25, -0.2) is 4.98 Å². The summed E-state index contributed by atoms with van der Waals surface area (Å²) < 4.78 is 7.19. The molecule has 3 aromatic rings. The van der Waals surface area contributed by atoms with Gasteiger partial charge in [0.1, 0.15) is 5.75 Å². The van der Waals surface area contributed by atoms with E-state index in [0.717, 1.165) is 11.3 Å². The molecule has 0 aliphatic carbocycles. The highest BCUT2D eigenvalue weighted by atomic mass is 35.5. The van der Waals surface area contributed by atoms with E-state index in [9.17, 15) is 9.59 Å². The second kappa shape index (κ2) is 9.69. The first-order chi connectivity index (χ1) is 14.4. The minimum absolute atomic E-state index is 0.143. The maximum atomic E-state index is 12.5. The molecule has 2 amide bonds. The number of amides is 2. The largest absolute Gasteiger partial charge is 0.495 e. The Kier molecular flexibility index (Phi) is 7.02. The molecule has 30 heavy (non-hydrogen) atoms. The summed E-state index contributed by atoms with van der Waals surface area (Å²) in [6.07, 6.45) is 3.51. The van der Waals surface area contributed by atoms with Crippen molar-refractivity contribution in [3.63, 3.8) is 0 Å². The minimum Gasteiger partial charge on any atom is -0.495 e. The summed E-state index contributed by atoms with van der Waals surface area (Å²) in [6, 6.07) is 10.7. The number of ether oxygens (including phenoxy) is 1. The van der Waals surface area contributed by atoms with Gasteiger partial charge in [-0.05, 0) is 42.8 Å². The predicted molar refractivity (Wildman–Crippen MR) is 120 cm³/mol. The first-order valence-electron chi connectivity index (χ1n) is 9.06. The van der Waals surface area contributed by atoms with Gasteiger partial charge >= 0.3 is 0 Å². The summed E-state index contributed by atoms with van der Waals surface area (Å²) >= 11 is 7.54. The molecule has 156 valence electrons. The summed E-state index contributed by atoms with van der Waals surface area (Å²) in [5, 5.41) is 6.85. The lowest BCUT2D eigenvalue weighted by molar-refractivity contribution is -0.114. The molecule has 3 rings (SSSR count). The second-order valence-corrected chi connectivity index (χ2v) is 7.75. The second-order valence-electron chi connectivity index (χ2n) is 6.40. The molecule has 0 saturated heterocycles. The van der Waals surface area contributed by atoms with Crippen molar-refractivity contribution in [1.29, 1.82) is 0 Å². The Balaban J connectivity index is 1.71. The molecule has 1 heterocycles. The van der Waals surface area contributed by atoms with Crippen LogP contribution in [0.1, 0.15) is 12.5 Å². The maximum Gasteiger partial charge on any atom is 0.234 e. The van der Waals surface area contributed by atoms with Crippen molar-refractivity contribution < 1.29 is 14.3 Å². The van der Waals surface area contributed by atoms with Gasteiger partial charge in [0, 0.05) is 30.0 Å². The number of imidazole rings is 1. The zero-order valence-electron chi connectivity index (χ0n) is 16.7. The summed E-state index contributed by atoms with van der Waals surface area (Å²) in [4.78, 5) is 28.2. The average Bonchev–Trinajstić information content (AvgIpc) is 3.16. The van der Waals surface area contributed by atoms with E-state index < -0.39 is 0 Å². The summed E-state index contributed by atoms with van der Waals surface area (Å²) in [5.41, 5.74) is 2.89. The van der Waals surface area contributed by atoms with E-state index in [1.807, 2.05) is 35.9 Å². The lowest BCUT2D eigenvalue weighted by atomic mass is 10.2. The van der Waals surface area contributed by atoms with Crippen molar-refractivity contribution in [2.45, 2.75) is 19.0 Å². The topological polar surface area (TPSA) is 85.2 Å². The normalized spacial score (nSPS) is 10.5. The van der Waals surface area contributed by atoms with Crippen LogP contribution in [0.2, 0.25) is 5.02 Å². The smallest absolute Gasteiger partial charge is 0.234 e. The number of hydrogen-bond donors (Lipinski definition) is 2. The lowest BCUT2D eigenvalue weighted by Gasteiger charge is -2.13. The first-order valence-corrected chi connectivity index (χ1v) is 10.4. The number of carbonyl (C=O) groups excluding carboxylic acids is 2. The number of rotatable bonds is 7. The highest BCUT2D eigenvalue weighted by molar-refractivity contribution is 7.99. The number of aromatic nitrogens is 2. The van der Waals surface area contributed by atoms with Gasteiger partial charge in [0.05, 0.1) is 24.2 Å². The molecule has 0 aliphatic rings. The van der Waals surface area contributed by atoms with E-state index in [1.165, 1.54) is 25.8 Å². The SMILES string of the molecule is COc1ccc(NC(C)=O)cc1NC(=O)CSc1nccn1-c1cccc(Cl)c1C. The fraction of sp³-hybridized carbons (Fsp3) is 0.190. The van der Waals surface area contributed by atoms with Crippen molar-refractivity contribution in [3.8, 4) is 11.4 Å². The molecule has 9 heteroatoms. The van der Waals surface area contributed by atoms with Crippen LogP contribution in [0.3, 0.4) is 0 Å². The molecular weight excluding hydrogens is 424 g/mol. The highest BCUT2D eigenvalue weighted by Gasteiger charge is 2.14. The zero-order valence-corrected chi connectivity index (χ0v) is 18.3. The molecule has 2 N–H and O–H groups in total. The fourth-order valence-corrected chi connectivity index (χ4v) is 3.78. The Morgan fingerprint density at radius 2 is 2.03 bits per heavy atom. The third kappa shape index (κ3) is 5.14. The van der Waals surface area contributed by atoms with Crippen LogP contribution in [-0.4, -0.2) is 34.2 Å². The first kappa shape index (κ1) is 21.7. The highest BCUT2D eigenvalue weighted by Crippen LogP contribution is 2.29. The number of nitrogens with one attached hydrogen (secondary N) is 2. The van der Waals surface area contributed by atoms with E-state index >= 15 is 0 Å². The van der Waals surface area contributed by atoms with Crippen molar-refractivity contribution in [1.82, 2.24) is 9.55 Å². The van der Waals surface area contributed by atoms with Gasteiger partial charge in [-0.3, -0.25) is 14.2 Å². The standard InChI is InChI=1S/C21H21ClN4O3S/c1-13-16(22)5-4-6-18(13)26-10-9-23-21(26)30-12-20(28)25-17-11-15(24-14(2)27)7-8-19(17)29-3/h4-11H,12H2,1-3H3,(H,24,27)(H,25,28). The van der Waals surface area contributed by atoms with Crippen LogP contribution in [0.4, 0.5) is 11.4 Å². The number of benzene rings is 2. The van der Waals surface area contributed by atoms with E-state index in [2.05, 4.69) is 15.6 Å². The molecule has 0 saturated carbocycles. The minimum atomic E-state index is -0.226. The monoisotopic (exact) mass is 444 g/mol. The van der Waals surface area contributed by atoms with Gasteiger partial charge < -0.3 is 15.4 Å². The van der Waals surface area contributed by atoms with Crippen LogP contribution < -0.4 is 15.4 Å².